The minimum absolute atomic E-state index is 0.318. The van der Waals surface area contributed by atoms with Gasteiger partial charge in [-0.3, -0.25) is 0 Å². The van der Waals surface area contributed by atoms with E-state index in [9.17, 15) is 0 Å². The second kappa shape index (κ2) is 5.54. The molecule has 0 aromatic heterocycles. The van der Waals surface area contributed by atoms with Crippen LogP contribution in [-0.2, 0) is 6.42 Å². The number of benzene rings is 1. The van der Waals surface area contributed by atoms with Crippen LogP contribution in [0, 0.1) is 12.3 Å². The van der Waals surface area contributed by atoms with Crippen LogP contribution in [-0.4, -0.2) is 25.7 Å². The molecule has 2 heteroatoms. The van der Waals surface area contributed by atoms with Crippen LogP contribution in [0.2, 0.25) is 0 Å². The van der Waals surface area contributed by atoms with E-state index < -0.39 is 0 Å². The van der Waals surface area contributed by atoms with E-state index >= 15 is 0 Å². The number of anilines is 1. The van der Waals surface area contributed by atoms with Gasteiger partial charge in [0, 0.05) is 31.4 Å². The fourth-order valence-electron chi connectivity index (χ4n) is 3.11. The molecule has 19 heavy (non-hydrogen) atoms. The van der Waals surface area contributed by atoms with Gasteiger partial charge in [-0.25, -0.2) is 0 Å². The lowest BCUT2D eigenvalue weighted by Crippen LogP contribution is -2.36. The molecule has 1 aliphatic heterocycles. The van der Waals surface area contributed by atoms with E-state index in [1.807, 2.05) is 0 Å². The van der Waals surface area contributed by atoms with Crippen molar-refractivity contribution in [3.63, 3.8) is 0 Å². The molecule has 106 valence electrons. The first-order valence-corrected chi connectivity index (χ1v) is 7.50. The highest BCUT2D eigenvalue weighted by molar-refractivity contribution is 5.60. The van der Waals surface area contributed by atoms with Gasteiger partial charge in [-0.2, -0.15) is 0 Å². The van der Waals surface area contributed by atoms with Gasteiger partial charge in [0.1, 0.15) is 0 Å². The quantitative estimate of drug-likeness (QED) is 0.877. The average Bonchev–Trinajstić information content (AvgIpc) is 2.47. The summed E-state index contributed by atoms with van der Waals surface area (Å²) < 4.78 is 0. The van der Waals surface area contributed by atoms with Crippen LogP contribution < -0.4 is 10.2 Å². The van der Waals surface area contributed by atoms with E-state index in [4.69, 9.17) is 0 Å². The molecule has 0 amide bonds. The van der Waals surface area contributed by atoms with E-state index in [1.165, 1.54) is 16.8 Å². The van der Waals surface area contributed by atoms with Gasteiger partial charge in [0.25, 0.3) is 0 Å². The van der Waals surface area contributed by atoms with E-state index in [-0.39, 0.29) is 0 Å². The fourth-order valence-corrected chi connectivity index (χ4v) is 3.11. The van der Waals surface area contributed by atoms with Crippen LogP contribution in [0.4, 0.5) is 5.69 Å². The SMILES string of the molecule is CCc1cccc(C)c1N1CC(C)NCC(C)(C)C1. The van der Waals surface area contributed by atoms with Crippen LogP contribution in [0.25, 0.3) is 0 Å². The summed E-state index contributed by atoms with van der Waals surface area (Å²) in [4.78, 5) is 2.60. The molecule has 0 saturated carbocycles. The van der Waals surface area contributed by atoms with Gasteiger partial charge in [-0.15, -0.1) is 0 Å². The minimum Gasteiger partial charge on any atom is -0.369 e. The monoisotopic (exact) mass is 260 g/mol. The summed E-state index contributed by atoms with van der Waals surface area (Å²) in [6.07, 6.45) is 1.11. The smallest absolute Gasteiger partial charge is 0.0429 e. The van der Waals surface area contributed by atoms with E-state index in [1.54, 1.807) is 0 Å². The van der Waals surface area contributed by atoms with Gasteiger partial charge in [-0.05, 0) is 36.8 Å². The Bertz CT molecular complexity index is 437. The summed E-state index contributed by atoms with van der Waals surface area (Å²) in [5.74, 6) is 0. The Morgan fingerprint density at radius 2 is 2.11 bits per heavy atom. The van der Waals surface area contributed by atoms with E-state index in [2.05, 4.69) is 63.0 Å². The Morgan fingerprint density at radius 1 is 1.37 bits per heavy atom. The molecule has 0 radical (unpaired) electrons. The highest BCUT2D eigenvalue weighted by Crippen LogP contribution is 2.30. The molecule has 2 nitrogen and oxygen atoms in total. The zero-order valence-corrected chi connectivity index (χ0v) is 13.1. The first-order valence-electron chi connectivity index (χ1n) is 7.50. The number of hydrogen-bond acceptors (Lipinski definition) is 2. The zero-order valence-electron chi connectivity index (χ0n) is 13.1. The number of nitrogens with zero attached hydrogens (tertiary/aromatic N) is 1. The predicted octanol–water partition coefficient (Wildman–Crippen LogP) is 3.38. The van der Waals surface area contributed by atoms with Gasteiger partial charge in [-0.1, -0.05) is 39.0 Å². The minimum atomic E-state index is 0.318. The number of rotatable bonds is 2. The molecule has 1 aromatic rings. The van der Waals surface area contributed by atoms with Crippen LogP contribution in [0.15, 0.2) is 18.2 Å². The molecule has 1 heterocycles. The Morgan fingerprint density at radius 3 is 2.79 bits per heavy atom. The predicted molar refractivity (Wildman–Crippen MR) is 84.0 cm³/mol. The first kappa shape index (κ1) is 14.4. The topological polar surface area (TPSA) is 15.3 Å². The summed E-state index contributed by atoms with van der Waals surface area (Å²) in [5, 5.41) is 3.65. The second-order valence-electron chi connectivity index (χ2n) is 6.76. The fraction of sp³-hybridized carbons (Fsp3) is 0.647. The van der Waals surface area contributed by atoms with Crippen molar-refractivity contribution in [3.05, 3.63) is 29.3 Å². The summed E-state index contributed by atoms with van der Waals surface area (Å²) in [7, 11) is 0. The highest BCUT2D eigenvalue weighted by atomic mass is 15.2. The van der Waals surface area contributed by atoms with E-state index in [0.717, 1.165) is 26.1 Å². The average molecular weight is 260 g/mol. The molecule has 1 saturated heterocycles. The molecular formula is C17H28N2. The third kappa shape index (κ3) is 3.30. The van der Waals surface area contributed by atoms with Gasteiger partial charge >= 0.3 is 0 Å². The Balaban J connectivity index is 2.38. The number of hydrogen-bond donors (Lipinski definition) is 1. The zero-order chi connectivity index (χ0) is 14.0. The van der Waals surface area contributed by atoms with Crippen molar-refractivity contribution in [2.75, 3.05) is 24.5 Å². The maximum atomic E-state index is 3.65. The van der Waals surface area contributed by atoms with Gasteiger partial charge in [0.15, 0.2) is 0 Å². The molecule has 0 bridgehead atoms. The maximum Gasteiger partial charge on any atom is 0.0429 e. The lowest BCUT2D eigenvalue weighted by atomic mass is 9.92. The second-order valence-corrected chi connectivity index (χ2v) is 6.76. The van der Waals surface area contributed by atoms with Crippen LogP contribution in [0.1, 0.15) is 38.8 Å². The third-order valence-corrected chi connectivity index (χ3v) is 4.06. The first-order chi connectivity index (χ1) is 8.93. The van der Waals surface area contributed by atoms with Gasteiger partial charge in [0.2, 0.25) is 0 Å². The Labute approximate surface area is 118 Å². The standard InChI is InChI=1S/C17H28N2/c1-6-15-9-7-8-13(2)16(15)19-10-14(3)18-11-17(4,5)12-19/h7-9,14,18H,6,10-12H2,1-5H3. The van der Waals surface area contributed by atoms with Crippen LogP contribution in [0.3, 0.4) is 0 Å². The van der Waals surface area contributed by atoms with Crippen molar-refractivity contribution in [2.45, 2.75) is 47.1 Å². The lowest BCUT2D eigenvalue weighted by Gasteiger charge is -2.33. The van der Waals surface area contributed by atoms with Crippen LogP contribution in [0.5, 0.6) is 0 Å². The molecule has 0 spiro atoms. The summed E-state index contributed by atoms with van der Waals surface area (Å²) in [6.45, 7) is 14.8. The van der Waals surface area contributed by atoms with Crippen molar-refractivity contribution in [1.29, 1.82) is 0 Å². The molecule has 1 N–H and O–H groups in total. The summed E-state index contributed by atoms with van der Waals surface area (Å²) in [5.41, 5.74) is 4.67. The lowest BCUT2D eigenvalue weighted by molar-refractivity contribution is 0.362. The van der Waals surface area contributed by atoms with Crippen LogP contribution >= 0.6 is 0 Å². The number of para-hydroxylation sites is 1. The van der Waals surface area contributed by atoms with Gasteiger partial charge < -0.3 is 10.2 Å². The highest BCUT2D eigenvalue weighted by Gasteiger charge is 2.28. The van der Waals surface area contributed by atoms with Crippen molar-refractivity contribution in [1.82, 2.24) is 5.32 Å². The normalized spacial score (nSPS) is 23.2. The summed E-state index contributed by atoms with van der Waals surface area (Å²) in [6, 6.07) is 7.25. The molecule has 1 unspecified atom stereocenters. The Hall–Kier alpha value is -1.02. The van der Waals surface area contributed by atoms with Crippen molar-refractivity contribution in [3.8, 4) is 0 Å². The van der Waals surface area contributed by atoms with Crippen molar-refractivity contribution in [2.24, 2.45) is 5.41 Å². The Kier molecular flexibility index (Phi) is 4.19. The van der Waals surface area contributed by atoms with Crippen molar-refractivity contribution >= 4 is 5.69 Å². The molecule has 0 aliphatic carbocycles. The largest absolute Gasteiger partial charge is 0.369 e. The molecular weight excluding hydrogens is 232 g/mol. The van der Waals surface area contributed by atoms with Gasteiger partial charge in [0.05, 0.1) is 0 Å². The maximum absolute atomic E-state index is 3.65. The molecule has 1 atom stereocenters. The number of nitrogens with one attached hydrogen (secondary N) is 1. The third-order valence-electron chi connectivity index (χ3n) is 4.06. The number of aryl methyl sites for hydroxylation is 2. The molecule has 1 aromatic carbocycles. The molecule has 1 fully saturated rings. The summed E-state index contributed by atoms with van der Waals surface area (Å²) >= 11 is 0. The van der Waals surface area contributed by atoms with Crippen molar-refractivity contribution < 1.29 is 0 Å². The molecule has 2 rings (SSSR count). The molecule has 1 aliphatic rings. The van der Waals surface area contributed by atoms with E-state index in [0.29, 0.717) is 11.5 Å².